The molecule has 1 atom stereocenters. The molecule has 32 heavy (non-hydrogen) atoms. The second-order valence-corrected chi connectivity index (χ2v) is 8.17. The molecular weight excluding hydrogens is 402 g/mol. The van der Waals surface area contributed by atoms with Crippen molar-refractivity contribution in [2.45, 2.75) is 39.4 Å². The lowest BCUT2D eigenvalue weighted by molar-refractivity contribution is 0.100. The molecule has 162 valence electrons. The van der Waals surface area contributed by atoms with Crippen LogP contribution in [0.4, 0.5) is 5.82 Å². The molecule has 5 rings (SSSR count). The maximum atomic E-state index is 11.9. The number of carbonyl (C=O) groups excluding carboxylic acids is 1. The summed E-state index contributed by atoms with van der Waals surface area (Å²) in [6, 6.07) is 14.0. The molecule has 1 aliphatic rings. The van der Waals surface area contributed by atoms with E-state index in [1.807, 2.05) is 35.7 Å². The van der Waals surface area contributed by atoms with Crippen molar-refractivity contribution in [3.63, 3.8) is 0 Å². The Bertz CT molecular complexity index is 1310. The van der Waals surface area contributed by atoms with Crippen LogP contribution in [0.1, 0.15) is 39.8 Å². The summed E-state index contributed by atoms with van der Waals surface area (Å²) in [4.78, 5) is 26.4. The van der Waals surface area contributed by atoms with Gasteiger partial charge in [0.05, 0.1) is 17.0 Å². The molecule has 0 saturated carbocycles. The number of pyridine rings is 1. The third-order valence-corrected chi connectivity index (χ3v) is 5.82. The first-order valence-corrected chi connectivity index (χ1v) is 10.7. The van der Waals surface area contributed by atoms with Gasteiger partial charge in [0, 0.05) is 37.3 Å². The highest BCUT2D eigenvalue weighted by Crippen LogP contribution is 2.29. The van der Waals surface area contributed by atoms with Crippen LogP contribution in [0.25, 0.3) is 17.2 Å². The van der Waals surface area contributed by atoms with E-state index in [4.69, 9.17) is 15.7 Å². The Hall–Kier alpha value is -3.78. The number of benzene rings is 1. The Kier molecular flexibility index (Phi) is 5.07. The zero-order valence-corrected chi connectivity index (χ0v) is 18.1. The van der Waals surface area contributed by atoms with Crippen LogP contribution in [0, 0.1) is 6.92 Å². The maximum absolute atomic E-state index is 11.9. The molecule has 0 radical (unpaired) electrons. The Morgan fingerprint density at radius 2 is 2.00 bits per heavy atom. The molecule has 0 fully saturated rings. The first-order chi connectivity index (χ1) is 15.5. The van der Waals surface area contributed by atoms with Gasteiger partial charge in [-0.2, -0.15) is 0 Å². The predicted molar refractivity (Wildman–Crippen MR) is 123 cm³/mol. The van der Waals surface area contributed by atoms with Gasteiger partial charge in [0.2, 0.25) is 0 Å². The maximum Gasteiger partial charge on any atom is 0.252 e. The lowest BCUT2D eigenvalue weighted by atomic mass is 10.0. The van der Waals surface area contributed by atoms with Gasteiger partial charge in [-0.3, -0.25) is 9.20 Å². The number of amides is 1. The molecule has 8 nitrogen and oxygen atoms in total. The minimum atomic E-state index is -0.511. The minimum Gasteiger partial charge on any atom is -0.366 e. The van der Waals surface area contributed by atoms with Gasteiger partial charge in [0.15, 0.2) is 5.82 Å². The number of nitrogens with zero attached hydrogens (tertiary/aromatic N) is 4. The number of nitrogens with two attached hydrogens (primary N) is 1. The third-order valence-electron chi connectivity index (χ3n) is 5.82. The molecule has 1 aliphatic heterocycles. The lowest BCUT2D eigenvalue weighted by Gasteiger charge is -2.25. The van der Waals surface area contributed by atoms with Gasteiger partial charge in [-0.25, -0.2) is 15.0 Å². The van der Waals surface area contributed by atoms with Crippen molar-refractivity contribution in [1.82, 2.24) is 24.7 Å². The van der Waals surface area contributed by atoms with E-state index in [1.54, 1.807) is 12.1 Å². The average molecular weight is 428 g/mol. The summed E-state index contributed by atoms with van der Waals surface area (Å²) >= 11 is 0. The summed E-state index contributed by atoms with van der Waals surface area (Å²) in [5.74, 6) is 0.886. The monoisotopic (exact) mass is 427 g/mol. The first-order valence-electron chi connectivity index (χ1n) is 10.7. The molecule has 0 bridgehead atoms. The van der Waals surface area contributed by atoms with E-state index in [-0.39, 0.29) is 0 Å². The number of rotatable bonds is 5. The van der Waals surface area contributed by atoms with Crippen molar-refractivity contribution < 1.29 is 4.79 Å². The Morgan fingerprint density at radius 3 is 2.78 bits per heavy atom. The van der Waals surface area contributed by atoms with Crippen LogP contribution in [0.15, 0.2) is 48.7 Å². The molecule has 3 aromatic heterocycles. The summed E-state index contributed by atoms with van der Waals surface area (Å²) in [5, 5.41) is 7.01. The number of carbonyl (C=O) groups is 1. The summed E-state index contributed by atoms with van der Waals surface area (Å²) in [6.07, 6.45) is 2.67. The number of primary amides is 1. The van der Waals surface area contributed by atoms with Crippen LogP contribution >= 0.6 is 0 Å². The molecule has 8 heteroatoms. The largest absolute Gasteiger partial charge is 0.366 e. The number of imidazole rings is 1. The van der Waals surface area contributed by atoms with E-state index in [0.29, 0.717) is 36.2 Å². The fourth-order valence-corrected chi connectivity index (χ4v) is 4.20. The molecule has 4 aromatic rings. The van der Waals surface area contributed by atoms with Crippen LogP contribution in [0.2, 0.25) is 0 Å². The number of aryl methyl sites for hydroxylation is 1. The van der Waals surface area contributed by atoms with E-state index in [0.717, 1.165) is 34.9 Å². The summed E-state index contributed by atoms with van der Waals surface area (Å²) in [6.45, 7) is 5.43. The zero-order valence-electron chi connectivity index (χ0n) is 18.1. The van der Waals surface area contributed by atoms with Gasteiger partial charge in [-0.1, -0.05) is 30.3 Å². The van der Waals surface area contributed by atoms with Gasteiger partial charge in [0.1, 0.15) is 17.2 Å². The predicted octanol–water partition coefficient (Wildman–Crippen LogP) is 2.84. The first kappa shape index (κ1) is 20.1. The van der Waals surface area contributed by atoms with Crippen molar-refractivity contribution in [1.29, 1.82) is 0 Å². The molecular formula is C24H25N7O. The van der Waals surface area contributed by atoms with Gasteiger partial charge < -0.3 is 16.4 Å². The highest BCUT2D eigenvalue weighted by Gasteiger charge is 2.24. The van der Waals surface area contributed by atoms with Gasteiger partial charge in [0.25, 0.3) is 5.91 Å². The summed E-state index contributed by atoms with van der Waals surface area (Å²) in [5.41, 5.74) is 11.3. The van der Waals surface area contributed by atoms with Crippen LogP contribution in [0.3, 0.4) is 0 Å². The highest BCUT2D eigenvalue weighted by molar-refractivity contribution is 5.99. The third kappa shape index (κ3) is 3.58. The van der Waals surface area contributed by atoms with Gasteiger partial charge >= 0.3 is 0 Å². The zero-order chi connectivity index (χ0) is 22.2. The van der Waals surface area contributed by atoms with Crippen LogP contribution in [0.5, 0.6) is 0 Å². The quantitative estimate of drug-likeness (QED) is 0.452. The van der Waals surface area contributed by atoms with Gasteiger partial charge in [-0.05, 0) is 31.5 Å². The second-order valence-electron chi connectivity index (χ2n) is 8.17. The van der Waals surface area contributed by atoms with E-state index < -0.39 is 5.91 Å². The molecule has 1 amide bonds. The number of aromatic nitrogens is 4. The van der Waals surface area contributed by atoms with Crippen molar-refractivity contribution in [2.24, 2.45) is 5.73 Å². The fraction of sp³-hybridized carbons (Fsp3) is 0.250. The standard InChI is InChI=1S/C24H25N7O/c1-14-11-19-18(13-26-14)22(27-12-16-7-4-3-5-8-16)30-23(29-19)20-15(2)28-24-17(21(25)32)9-6-10-31(20)24/h3-10,14,26H,11-13H2,1-2H3,(H2,25,32)(H,27,29,30). The normalized spacial score (nSPS) is 15.5. The number of fused-ring (bicyclic) bond motifs is 2. The number of nitrogens with one attached hydrogen (secondary N) is 2. The summed E-state index contributed by atoms with van der Waals surface area (Å²) < 4.78 is 1.85. The van der Waals surface area contributed by atoms with Crippen molar-refractivity contribution >= 4 is 17.4 Å². The smallest absolute Gasteiger partial charge is 0.252 e. The molecule has 4 N–H and O–H groups in total. The van der Waals surface area contributed by atoms with Crippen molar-refractivity contribution in [3.8, 4) is 11.5 Å². The minimum absolute atomic E-state index is 0.331. The van der Waals surface area contributed by atoms with Gasteiger partial charge in [-0.15, -0.1) is 0 Å². The molecule has 0 aliphatic carbocycles. The van der Waals surface area contributed by atoms with Crippen LogP contribution < -0.4 is 16.4 Å². The topological polar surface area (TPSA) is 110 Å². The van der Waals surface area contributed by atoms with E-state index in [1.165, 1.54) is 5.56 Å². The Labute approximate surface area is 185 Å². The summed E-state index contributed by atoms with van der Waals surface area (Å²) in [7, 11) is 0. The van der Waals surface area contributed by atoms with Crippen LogP contribution in [-0.4, -0.2) is 31.3 Å². The molecule has 0 saturated heterocycles. The molecule has 4 heterocycles. The SMILES string of the molecule is Cc1nc2c(C(N)=O)cccn2c1-c1nc2c(c(NCc3ccccc3)n1)CNC(C)C2. The van der Waals surface area contributed by atoms with E-state index >= 15 is 0 Å². The average Bonchev–Trinajstić information content (AvgIpc) is 3.13. The number of hydrogen-bond donors (Lipinski definition) is 3. The Morgan fingerprint density at radius 1 is 1.19 bits per heavy atom. The Balaban J connectivity index is 1.63. The van der Waals surface area contributed by atoms with E-state index in [9.17, 15) is 4.79 Å². The molecule has 0 spiro atoms. The van der Waals surface area contributed by atoms with Crippen molar-refractivity contribution in [3.05, 3.63) is 76.7 Å². The second kappa shape index (κ2) is 8.05. The van der Waals surface area contributed by atoms with Crippen molar-refractivity contribution in [2.75, 3.05) is 5.32 Å². The van der Waals surface area contributed by atoms with Crippen LogP contribution in [-0.2, 0) is 19.5 Å². The highest BCUT2D eigenvalue weighted by atomic mass is 16.1. The fourth-order valence-electron chi connectivity index (χ4n) is 4.20. The van der Waals surface area contributed by atoms with E-state index in [2.05, 4.69) is 34.7 Å². The lowest BCUT2D eigenvalue weighted by Crippen LogP contribution is -2.34. The molecule has 1 unspecified atom stereocenters. The number of anilines is 1. The number of hydrogen-bond acceptors (Lipinski definition) is 6. The molecule has 1 aromatic carbocycles.